The molecule has 88 valence electrons. The van der Waals surface area contributed by atoms with E-state index in [0.29, 0.717) is 6.61 Å². The van der Waals surface area contributed by atoms with E-state index in [1.807, 2.05) is 50.4 Å². The smallest absolute Gasteiger partial charge is 0.148 e. The van der Waals surface area contributed by atoms with Crippen LogP contribution in [-0.4, -0.2) is 23.9 Å². The molecule has 0 aliphatic carbocycles. The molecular weight excluding hydrogens is 214 g/mol. The Bertz CT molecular complexity index is 482. The fourth-order valence-corrected chi connectivity index (χ4v) is 1.53. The number of hydrogen-bond donors (Lipinski definition) is 1. The summed E-state index contributed by atoms with van der Waals surface area (Å²) in [5, 5.41) is 11.1. The quantitative estimate of drug-likeness (QED) is 0.875. The maximum atomic E-state index is 5.45. The van der Waals surface area contributed by atoms with Gasteiger partial charge in [0.15, 0.2) is 0 Å². The Morgan fingerprint density at radius 3 is 2.71 bits per heavy atom. The van der Waals surface area contributed by atoms with E-state index in [-0.39, 0.29) is 0 Å². The van der Waals surface area contributed by atoms with E-state index in [0.717, 1.165) is 22.8 Å². The minimum atomic E-state index is 0.661. The number of nitrogens with zero attached hydrogens (tertiary/aromatic N) is 2. The molecule has 2 aromatic rings. The minimum Gasteiger partial charge on any atom is -0.494 e. The summed E-state index contributed by atoms with van der Waals surface area (Å²) in [5.74, 6) is 1.61. The highest BCUT2D eigenvalue weighted by Gasteiger charge is 2.02. The van der Waals surface area contributed by atoms with Gasteiger partial charge in [0.05, 0.1) is 12.3 Å². The monoisotopic (exact) mass is 229 g/mol. The van der Waals surface area contributed by atoms with Crippen LogP contribution in [0.4, 0.5) is 5.82 Å². The third-order valence-corrected chi connectivity index (χ3v) is 2.36. The van der Waals surface area contributed by atoms with Gasteiger partial charge >= 0.3 is 0 Å². The first-order chi connectivity index (χ1) is 8.33. The average Bonchev–Trinajstić information content (AvgIpc) is 2.40. The van der Waals surface area contributed by atoms with Crippen LogP contribution in [0.1, 0.15) is 6.92 Å². The molecule has 4 heteroatoms. The number of ether oxygens (including phenoxy) is 1. The van der Waals surface area contributed by atoms with Crippen LogP contribution in [0.15, 0.2) is 36.4 Å². The molecule has 0 saturated heterocycles. The van der Waals surface area contributed by atoms with E-state index in [2.05, 4.69) is 15.5 Å². The molecule has 4 nitrogen and oxygen atoms in total. The number of nitrogens with one attached hydrogen (secondary N) is 1. The topological polar surface area (TPSA) is 47.0 Å². The van der Waals surface area contributed by atoms with Crippen molar-refractivity contribution in [1.29, 1.82) is 0 Å². The second kappa shape index (κ2) is 5.30. The van der Waals surface area contributed by atoms with E-state index in [4.69, 9.17) is 4.74 Å². The lowest BCUT2D eigenvalue weighted by Gasteiger charge is -2.05. The standard InChI is InChI=1S/C13H15N3O/c1-3-17-11-6-4-5-10(9-11)12-7-8-13(14-2)16-15-12/h4-9H,3H2,1-2H3,(H,14,16). The maximum absolute atomic E-state index is 5.45. The summed E-state index contributed by atoms with van der Waals surface area (Å²) in [5.41, 5.74) is 1.84. The van der Waals surface area contributed by atoms with E-state index in [9.17, 15) is 0 Å². The van der Waals surface area contributed by atoms with Crippen LogP contribution in [0.2, 0.25) is 0 Å². The first kappa shape index (κ1) is 11.4. The zero-order valence-electron chi connectivity index (χ0n) is 9.97. The molecule has 0 fully saturated rings. The molecule has 0 amide bonds. The summed E-state index contributed by atoms with van der Waals surface area (Å²) < 4.78 is 5.45. The van der Waals surface area contributed by atoms with Crippen molar-refractivity contribution >= 4 is 5.82 Å². The summed E-state index contributed by atoms with van der Waals surface area (Å²) in [4.78, 5) is 0. The van der Waals surface area contributed by atoms with E-state index < -0.39 is 0 Å². The van der Waals surface area contributed by atoms with Crippen molar-refractivity contribution in [3.05, 3.63) is 36.4 Å². The molecule has 17 heavy (non-hydrogen) atoms. The first-order valence-electron chi connectivity index (χ1n) is 5.58. The lowest BCUT2D eigenvalue weighted by Crippen LogP contribution is -1.96. The third kappa shape index (κ3) is 2.72. The van der Waals surface area contributed by atoms with Gasteiger partial charge in [-0.15, -0.1) is 10.2 Å². The highest BCUT2D eigenvalue weighted by Crippen LogP contribution is 2.22. The van der Waals surface area contributed by atoms with Crippen molar-refractivity contribution < 1.29 is 4.74 Å². The van der Waals surface area contributed by atoms with Gasteiger partial charge in [-0.05, 0) is 31.2 Å². The molecule has 0 spiro atoms. The molecule has 1 aromatic heterocycles. The molecule has 0 bridgehead atoms. The highest BCUT2D eigenvalue weighted by molar-refractivity contribution is 5.61. The van der Waals surface area contributed by atoms with E-state index >= 15 is 0 Å². The van der Waals surface area contributed by atoms with Crippen LogP contribution in [0.5, 0.6) is 5.75 Å². The van der Waals surface area contributed by atoms with Crippen molar-refractivity contribution in [3.63, 3.8) is 0 Å². The SMILES string of the molecule is CCOc1cccc(-c2ccc(NC)nn2)c1. The Morgan fingerprint density at radius 2 is 2.06 bits per heavy atom. The molecule has 0 aliphatic heterocycles. The summed E-state index contributed by atoms with van der Waals surface area (Å²) in [6.45, 7) is 2.63. The van der Waals surface area contributed by atoms with Crippen molar-refractivity contribution in [3.8, 4) is 17.0 Å². The van der Waals surface area contributed by atoms with Gasteiger partial charge in [-0.2, -0.15) is 0 Å². The maximum Gasteiger partial charge on any atom is 0.148 e. The van der Waals surface area contributed by atoms with Crippen molar-refractivity contribution in [2.45, 2.75) is 6.92 Å². The number of benzene rings is 1. The van der Waals surface area contributed by atoms with Crippen molar-refractivity contribution in [2.75, 3.05) is 19.0 Å². The third-order valence-electron chi connectivity index (χ3n) is 2.36. The van der Waals surface area contributed by atoms with E-state index in [1.165, 1.54) is 0 Å². The van der Waals surface area contributed by atoms with Gasteiger partial charge in [-0.1, -0.05) is 12.1 Å². The molecule has 0 atom stereocenters. The van der Waals surface area contributed by atoms with Gasteiger partial charge in [0.1, 0.15) is 11.6 Å². The van der Waals surface area contributed by atoms with Crippen molar-refractivity contribution in [2.24, 2.45) is 0 Å². The largest absolute Gasteiger partial charge is 0.494 e. The number of aromatic nitrogens is 2. The molecule has 1 heterocycles. The van der Waals surface area contributed by atoms with Crippen LogP contribution in [0.3, 0.4) is 0 Å². The molecule has 1 aromatic carbocycles. The Balaban J connectivity index is 2.28. The predicted molar refractivity (Wildman–Crippen MR) is 68.2 cm³/mol. The van der Waals surface area contributed by atoms with Crippen LogP contribution in [0.25, 0.3) is 11.3 Å². The van der Waals surface area contributed by atoms with Gasteiger partial charge < -0.3 is 10.1 Å². The first-order valence-corrected chi connectivity index (χ1v) is 5.58. The summed E-state index contributed by atoms with van der Waals surface area (Å²) in [7, 11) is 1.82. The average molecular weight is 229 g/mol. The van der Waals surface area contributed by atoms with Crippen LogP contribution in [-0.2, 0) is 0 Å². The van der Waals surface area contributed by atoms with E-state index in [1.54, 1.807) is 0 Å². The summed E-state index contributed by atoms with van der Waals surface area (Å²) in [6, 6.07) is 11.7. The Hall–Kier alpha value is -2.10. The normalized spacial score (nSPS) is 10.0. The second-order valence-electron chi connectivity index (χ2n) is 3.51. The van der Waals surface area contributed by atoms with Gasteiger partial charge in [0, 0.05) is 12.6 Å². The van der Waals surface area contributed by atoms with Gasteiger partial charge in [-0.25, -0.2) is 0 Å². The summed E-state index contributed by atoms with van der Waals surface area (Å²) >= 11 is 0. The van der Waals surface area contributed by atoms with Gasteiger partial charge in [0.2, 0.25) is 0 Å². The Kier molecular flexibility index (Phi) is 3.55. The minimum absolute atomic E-state index is 0.661. The molecule has 0 unspecified atom stereocenters. The van der Waals surface area contributed by atoms with Crippen molar-refractivity contribution in [1.82, 2.24) is 10.2 Å². The predicted octanol–water partition coefficient (Wildman–Crippen LogP) is 2.58. The molecule has 0 saturated carbocycles. The summed E-state index contributed by atoms with van der Waals surface area (Å²) in [6.07, 6.45) is 0. The highest BCUT2D eigenvalue weighted by atomic mass is 16.5. The van der Waals surface area contributed by atoms with Crippen LogP contribution >= 0.6 is 0 Å². The lowest BCUT2D eigenvalue weighted by molar-refractivity contribution is 0.340. The zero-order chi connectivity index (χ0) is 12.1. The molecule has 2 rings (SSSR count). The zero-order valence-corrected chi connectivity index (χ0v) is 9.97. The fraction of sp³-hybridized carbons (Fsp3) is 0.231. The molecule has 1 N–H and O–H groups in total. The Labute approximate surface area is 101 Å². The Morgan fingerprint density at radius 1 is 1.18 bits per heavy atom. The number of anilines is 1. The van der Waals surface area contributed by atoms with Crippen LogP contribution < -0.4 is 10.1 Å². The van der Waals surface area contributed by atoms with Gasteiger partial charge in [0.25, 0.3) is 0 Å². The molecule has 0 radical (unpaired) electrons. The lowest BCUT2D eigenvalue weighted by atomic mass is 10.1. The molecular formula is C13H15N3O. The number of hydrogen-bond acceptors (Lipinski definition) is 4. The fourth-order valence-electron chi connectivity index (χ4n) is 1.53. The number of rotatable bonds is 4. The second-order valence-corrected chi connectivity index (χ2v) is 3.51. The van der Waals surface area contributed by atoms with Gasteiger partial charge in [-0.3, -0.25) is 0 Å². The molecule has 0 aliphatic rings. The van der Waals surface area contributed by atoms with Crippen LogP contribution in [0, 0.1) is 0 Å².